The van der Waals surface area contributed by atoms with Crippen molar-refractivity contribution in [1.82, 2.24) is 9.88 Å². The summed E-state index contributed by atoms with van der Waals surface area (Å²) in [7, 11) is 0.670. The van der Waals surface area contributed by atoms with Gasteiger partial charge in [-0.2, -0.15) is 0 Å². The van der Waals surface area contributed by atoms with Crippen molar-refractivity contribution in [3.05, 3.63) is 30.5 Å². The molecule has 0 bridgehead atoms. The van der Waals surface area contributed by atoms with Gasteiger partial charge in [-0.15, -0.1) is 0 Å². The quantitative estimate of drug-likeness (QED) is 0.732. The van der Waals surface area contributed by atoms with Gasteiger partial charge in [0.05, 0.1) is 5.52 Å². The molecular weight excluding hydrogens is 253 g/mol. The maximum absolute atomic E-state index is 9.38. The number of nitrogens with zero attached hydrogens (tertiary/aromatic N) is 3. The highest BCUT2D eigenvalue weighted by atomic mass is 16.4. The molecule has 1 saturated heterocycles. The van der Waals surface area contributed by atoms with E-state index in [1.807, 2.05) is 18.2 Å². The summed E-state index contributed by atoms with van der Waals surface area (Å²) in [4.78, 5) is 8.99. The molecule has 2 aromatic rings. The Hall–Kier alpha value is -1.63. The number of piperazine rings is 1. The molecule has 3 rings (SSSR count). The number of aromatic nitrogens is 1. The molecule has 1 aromatic carbocycles. The second kappa shape index (κ2) is 5.40. The lowest BCUT2D eigenvalue weighted by Gasteiger charge is -2.34. The summed E-state index contributed by atoms with van der Waals surface area (Å²) in [5, 5.41) is 19.6. The van der Waals surface area contributed by atoms with Gasteiger partial charge in [0.15, 0.2) is 0 Å². The Labute approximate surface area is 118 Å². The number of rotatable bonds is 2. The fourth-order valence-corrected chi connectivity index (χ4v) is 2.65. The van der Waals surface area contributed by atoms with Gasteiger partial charge in [0.2, 0.25) is 0 Å². The molecule has 104 valence electrons. The van der Waals surface area contributed by atoms with E-state index in [1.165, 1.54) is 0 Å². The Bertz CT molecular complexity index is 612. The summed E-state index contributed by atoms with van der Waals surface area (Å²) >= 11 is 0. The zero-order chi connectivity index (χ0) is 14.1. The van der Waals surface area contributed by atoms with Crippen LogP contribution in [0, 0.1) is 0 Å². The van der Waals surface area contributed by atoms with Crippen molar-refractivity contribution >= 4 is 29.2 Å². The Morgan fingerprint density at radius 1 is 1.10 bits per heavy atom. The maximum Gasteiger partial charge on any atom is 0.489 e. The molecule has 0 atom stereocenters. The predicted molar refractivity (Wildman–Crippen MR) is 81.3 cm³/mol. The number of hydrogen-bond donors (Lipinski definition) is 2. The van der Waals surface area contributed by atoms with Crippen molar-refractivity contribution in [3.63, 3.8) is 0 Å². The first-order valence-electron chi connectivity index (χ1n) is 6.83. The maximum atomic E-state index is 9.38. The minimum absolute atomic E-state index is 0.500. The second-order valence-electron chi connectivity index (χ2n) is 5.27. The SMILES string of the molecule is CN1CCN(c2ccc3c(B(O)O)ccnc3c2)CC1. The molecule has 1 aliphatic heterocycles. The van der Waals surface area contributed by atoms with Crippen LogP contribution in [0.25, 0.3) is 10.9 Å². The summed E-state index contributed by atoms with van der Waals surface area (Å²) in [6.45, 7) is 4.12. The van der Waals surface area contributed by atoms with Crippen LogP contribution in [-0.2, 0) is 0 Å². The Kier molecular flexibility index (Phi) is 3.61. The van der Waals surface area contributed by atoms with Crippen LogP contribution in [0.4, 0.5) is 5.69 Å². The molecule has 0 unspecified atom stereocenters. The highest BCUT2D eigenvalue weighted by molar-refractivity contribution is 6.61. The minimum Gasteiger partial charge on any atom is -0.423 e. The van der Waals surface area contributed by atoms with Crippen molar-refractivity contribution < 1.29 is 10.0 Å². The van der Waals surface area contributed by atoms with Crippen LogP contribution in [-0.4, -0.2) is 60.3 Å². The van der Waals surface area contributed by atoms with Crippen LogP contribution in [0.5, 0.6) is 0 Å². The zero-order valence-corrected chi connectivity index (χ0v) is 11.5. The second-order valence-corrected chi connectivity index (χ2v) is 5.27. The van der Waals surface area contributed by atoms with Crippen LogP contribution in [0.3, 0.4) is 0 Å². The van der Waals surface area contributed by atoms with Crippen LogP contribution < -0.4 is 10.4 Å². The summed E-state index contributed by atoms with van der Waals surface area (Å²) in [5.74, 6) is 0. The third-order valence-electron chi connectivity index (χ3n) is 3.91. The van der Waals surface area contributed by atoms with Crippen molar-refractivity contribution in [2.45, 2.75) is 0 Å². The molecular formula is C14H18BN3O2. The van der Waals surface area contributed by atoms with E-state index in [2.05, 4.69) is 21.8 Å². The molecule has 6 heteroatoms. The first kappa shape index (κ1) is 13.4. The standard InChI is InChI=1S/C14H18BN3O2/c1-17-6-8-18(9-7-17)11-2-3-12-13(15(19)20)4-5-16-14(12)10-11/h2-5,10,19-20H,6-9H2,1H3. The monoisotopic (exact) mass is 271 g/mol. The summed E-state index contributed by atoms with van der Waals surface area (Å²) in [5.41, 5.74) is 2.44. The van der Waals surface area contributed by atoms with Crippen LogP contribution >= 0.6 is 0 Å². The highest BCUT2D eigenvalue weighted by Crippen LogP contribution is 2.21. The average Bonchev–Trinajstić information content (AvgIpc) is 2.46. The van der Waals surface area contributed by atoms with E-state index in [9.17, 15) is 10.0 Å². The van der Waals surface area contributed by atoms with E-state index in [1.54, 1.807) is 12.3 Å². The van der Waals surface area contributed by atoms with Gasteiger partial charge < -0.3 is 19.8 Å². The first-order chi connectivity index (χ1) is 9.65. The molecule has 2 N–H and O–H groups in total. The van der Waals surface area contributed by atoms with E-state index in [4.69, 9.17) is 0 Å². The van der Waals surface area contributed by atoms with Gasteiger partial charge in [0.1, 0.15) is 0 Å². The van der Waals surface area contributed by atoms with E-state index in [0.717, 1.165) is 42.8 Å². The lowest BCUT2D eigenvalue weighted by molar-refractivity contribution is 0.313. The summed E-state index contributed by atoms with van der Waals surface area (Å²) in [6, 6.07) is 7.61. The molecule has 1 aliphatic rings. The molecule has 0 saturated carbocycles. The van der Waals surface area contributed by atoms with Gasteiger partial charge in [0, 0.05) is 43.4 Å². The topological polar surface area (TPSA) is 59.8 Å². The van der Waals surface area contributed by atoms with Crippen molar-refractivity contribution in [2.24, 2.45) is 0 Å². The predicted octanol–water partition coefficient (Wildman–Crippen LogP) is -0.334. The molecule has 2 heterocycles. The van der Waals surface area contributed by atoms with E-state index < -0.39 is 7.12 Å². The van der Waals surface area contributed by atoms with Crippen molar-refractivity contribution in [3.8, 4) is 0 Å². The van der Waals surface area contributed by atoms with Crippen LogP contribution in [0.2, 0.25) is 0 Å². The summed E-state index contributed by atoms with van der Waals surface area (Å²) in [6.07, 6.45) is 1.62. The number of anilines is 1. The highest BCUT2D eigenvalue weighted by Gasteiger charge is 2.17. The number of fused-ring (bicyclic) bond motifs is 1. The fourth-order valence-electron chi connectivity index (χ4n) is 2.65. The molecule has 0 radical (unpaired) electrons. The van der Waals surface area contributed by atoms with Gasteiger partial charge in [-0.25, -0.2) is 0 Å². The number of hydrogen-bond acceptors (Lipinski definition) is 5. The lowest BCUT2D eigenvalue weighted by atomic mass is 9.78. The van der Waals surface area contributed by atoms with Crippen LogP contribution in [0.1, 0.15) is 0 Å². The molecule has 1 fully saturated rings. The molecule has 0 spiro atoms. The normalized spacial score (nSPS) is 16.6. The number of likely N-dealkylation sites (N-methyl/N-ethyl adjacent to an activating group) is 1. The van der Waals surface area contributed by atoms with Gasteiger partial charge in [-0.1, -0.05) is 6.07 Å². The largest absolute Gasteiger partial charge is 0.489 e. The Morgan fingerprint density at radius 3 is 2.55 bits per heavy atom. The third kappa shape index (κ3) is 2.50. The van der Waals surface area contributed by atoms with Gasteiger partial charge >= 0.3 is 7.12 Å². The van der Waals surface area contributed by atoms with E-state index in [0.29, 0.717) is 5.46 Å². The first-order valence-corrected chi connectivity index (χ1v) is 6.83. The van der Waals surface area contributed by atoms with E-state index in [-0.39, 0.29) is 0 Å². The third-order valence-corrected chi connectivity index (χ3v) is 3.91. The van der Waals surface area contributed by atoms with Gasteiger partial charge in [-0.3, -0.25) is 4.98 Å². The van der Waals surface area contributed by atoms with E-state index >= 15 is 0 Å². The Morgan fingerprint density at radius 2 is 1.85 bits per heavy atom. The molecule has 5 nitrogen and oxygen atoms in total. The summed E-state index contributed by atoms with van der Waals surface area (Å²) < 4.78 is 0. The number of benzene rings is 1. The average molecular weight is 271 g/mol. The minimum atomic E-state index is -1.46. The van der Waals surface area contributed by atoms with Gasteiger partial charge in [-0.05, 0) is 30.7 Å². The molecule has 1 aromatic heterocycles. The van der Waals surface area contributed by atoms with Crippen LogP contribution in [0.15, 0.2) is 30.5 Å². The lowest BCUT2D eigenvalue weighted by Crippen LogP contribution is -2.44. The van der Waals surface area contributed by atoms with Gasteiger partial charge in [0.25, 0.3) is 0 Å². The fraction of sp³-hybridized carbons (Fsp3) is 0.357. The molecule has 0 aliphatic carbocycles. The number of pyridine rings is 1. The zero-order valence-electron chi connectivity index (χ0n) is 11.5. The smallest absolute Gasteiger partial charge is 0.423 e. The Balaban J connectivity index is 1.95. The van der Waals surface area contributed by atoms with Crippen molar-refractivity contribution in [1.29, 1.82) is 0 Å². The molecule has 0 amide bonds. The van der Waals surface area contributed by atoms with Crippen molar-refractivity contribution in [2.75, 3.05) is 38.1 Å². The molecule has 20 heavy (non-hydrogen) atoms.